The SMILES string of the molecule is O=c1c(Cl)c(OCc2ccc(F)cc2F)ccn1-c1c(F)cc(CN(Cl)CC2CC2)cc1F. The van der Waals surface area contributed by atoms with Crippen molar-refractivity contribution in [2.24, 2.45) is 5.92 Å². The third-order valence-electron chi connectivity index (χ3n) is 5.22. The summed E-state index contributed by atoms with van der Waals surface area (Å²) in [7, 11) is 0. The Morgan fingerprint density at radius 3 is 2.36 bits per heavy atom. The van der Waals surface area contributed by atoms with Crippen molar-refractivity contribution in [2.75, 3.05) is 6.54 Å². The average molecular weight is 501 g/mol. The standard InChI is InChI=1S/C23H18Cl2F4N2O2/c24-21-20(33-12-15-3-4-16(26)9-17(15)27)5-6-31(23(21)32)22-18(28)7-14(8-19(22)29)11-30(25)10-13-1-2-13/h3-9,13H,1-2,10-12H2. The number of hydrogen-bond donors (Lipinski definition) is 0. The number of aromatic nitrogens is 1. The van der Waals surface area contributed by atoms with Gasteiger partial charge in [-0.2, -0.15) is 0 Å². The lowest BCUT2D eigenvalue weighted by Gasteiger charge is -2.16. The van der Waals surface area contributed by atoms with Gasteiger partial charge in [0, 0.05) is 30.9 Å². The van der Waals surface area contributed by atoms with Gasteiger partial charge in [0.15, 0.2) is 11.6 Å². The van der Waals surface area contributed by atoms with Crippen molar-refractivity contribution in [1.82, 2.24) is 8.99 Å². The molecule has 33 heavy (non-hydrogen) atoms. The first-order chi connectivity index (χ1) is 15.7. The summed E-state index contributed by atoms with van der Waals surface area (Å²) in [4.78, 5) is 12.7. The topological polar surface area (TPSA) is 34.5 Å². The predicted molar refractivity (Wildman–Crippen MR) is 117 cm³/mol. The fourth-order valence-electron chi connectivity index (χ4n) is 3.36. The molecule has 10 heteroatoms. The molecule has 2 aromatic carbocycles. The van der Waals surface area contributed by atoms with E-state index >= 15 is 0 Å². The molecule has 1 aliphatic rings. The third kappa shape index (κ3) is 5.51. The molecule has 174 valence electrons. The molecule has 0 unspecified atom stereocenters. The number of hydrogen-bond acceptors (Lipinski definition) is 3. The Balaban J connectivity index is 1.55. The van der Waals surface area contributed by atoms with Crippen molar-refractivity contribution < 1.29 is 22.3 Å². The zero-order valence-electron chi connectivity index (χ0n) is 17.1. The van der Waals surface area contributed by atoms with Gasteiger partial charge in [0.05, 0.1) is 0 Å². The summed E-state index contributed by atoms with van der Waals surface area (Å²) in [5, 5.41) is -0.445. The minimum atomic E-state index is -0.957. The smallest absolute Gasteiger partial charge is 0.277 e. The van der Waals surface area contributed by atoms with Gasteiger partial charge in [0.1, 0.15) is 34.7 Å². The van der Waals surface area contributed by atoms with E-state index in [1.54, 1.807) is 0 Å². The predicted octanol–water partition coefficient (Wildman–Crippen LogP) is 5.99. The fourth-order valence-corrected chi connectivity index (χ4v) is 3.90. The number of nitrogens with zero attached hydrogens (tertiary/aromatic N) is 2. The van der Waals surface area contributed by atoms with E-state index in [1.165, 1.54) is 16.6 Å². The maximum Gasteiger partial charge on any atom is 0.277 e. The molecule has 0 bridgehead atoms. The van der Waals surface area contributed by atoms with Gasteiger partial charge in [-0.1, -0.05) is 11.6 Å². The van der Waals surface area contributed by atoms with Gasteiger partial charge in [0.2, 0.25) is 0 Å². The molecule has 0 N–H and O–H groups in total. The van der Waals surface area contributed by atoms with Gasteiger partial charge in [0.25, 0.3) is 5.56 Å². The zero-order valence-corrected chi connectivity index (χ0v) is 18.6. The van der Waals surface area contributed by atoms with Crippen LogP contribution >= 0.6 is 23.4 Å². The highest BCUT2D eigenvalue weighted by Gasteiger charge is 2.24. The first kappa shape index (κ1) is 23.6. The number of pyridine rings is 1. The Labute approximate surface area is 197 Å². The van der Waals surface area contributed by atoms with Gasteiger partial charge in [-0.15, -0.1) is 0 Å². The largest absolute Gasteiger partial charge is 0.487 e. The fraction of sp³-hybridized carbons (Fsp3) is 0.261. The molecule has 4 nitrogen and oxygen atoms in total. The van der Waals surface area contributed by atoms with Crippen LogP contribution in [0.4, 0.5) is 17.6 Å². The van der Waals surface area contributed by atoms with E-state index in [4.69, 9.17) is 28.1 Å². The van der Waals surface area contributed by atoms with Crippen LogP contribution in [0.3, 0.4) is 0 Å². The molecule has 3 aromatic rings. The van der Waals surface area contributed by atoms with Crippen LogP contribution in [0.25, 0.3) is 5.69 Å². The molecule has 1 aromatic heterocycles. The van der Waals surface area contributed by atoms with Crippen LogP contribution in [-0.4, -0.2) is 15.5 Å². The van der Waals surface area contributed by atoms with E-state index in [-0.39, 0.29) is 24.5 Å². The molecule has 0 amide bonds. The molecule has 0 atom stereocenters. The maximum atomic E-state index is 14.8. The van der Waals surface area contributed by atoms with Crippen LogP contribution in [0.2, 0.25) is 5.02 Å². The van der Waals surface area contributed by atoms with E-state index in [0.717, 1.165) is 41.8 Å². The Bertz CT molecular complexity index is 1220. The van der Waals surface area contributed by atoms with Gasteiger partial charge in [-0.05, 0) is 66.4 Å². The Morgan fingerprint density at radius 2 is 1.73 bits per heavy atom. The normalized spacial score (nSPS) is 13.5. The van der Waals surface area contributed by atoms with E-state index in [1.807, 2.05) is 0 Å². The molecule has 0 saturated heterocycles. The highest BCUT2D eigenvalue weighted by atomic mass is 35.5. The summed E-state index contributed by atoms with van der Waals surface area (Å²) >= 11 is 12.2. The van der Waals surface area contributed by atoms with Crippen LogP contribution in [0.5, 0.6) is 5.75 Å². The zero-order chi connectivity index (χ0) is 23.7. The van der Waals surface area contributed by atoms with E-state index in [9.17, 15) is 22.4 Å². The summed E-state index contributed by atoms with van der Waals surface area (Å²) in [6, 6.07) is 6.41. The van der Waals surface area contributed by atoms with Gasteiger partial charge >= 0.3 is 0 Å². The van der Waals surface area contributed by atoms with Gasteiger partial charge in [-0.3, -0.25) is 9.36 Å². The molecule has 0 radical (unpaired) electrons. The molecular formula is C23H18Cl2F4N2O2. The maximum absolute atomic E-state index is 14.8. The molecule has 1 fully saturated rings. The number of benzene rings is 2. The van der Waals surface area contributed by atoms with Crippen LogP contribution in [0.1, 0.15) is 24.0 Å². The van der Waals surface area contributed by atoms with Crippen LogP contribution in [0, 0.1) is 29.2 Å². The second-order valence-corrected chi connectivity index (χ2v) is 8.70. The molecule has 1 heterocycles. The lowest BCUT2D eigenvalue weighted by atomic mass is 10.1. The average Bonchev–Trinajstić information content (AvgIpc) is 3.55. The van der Waals surface area contributed by atoms with E-state index in [2.05, 4.69) is 0 Å². The Kier molecular flexibility index (Phi) is 6.97. The van der Waals surface area contributed by atoms with Crippen LogP contribution < -0.4 is 10.3 Å². The van der Waals surface area contributed by atoms with Gasteiger partial charge < -0.3 is 4.74 Å². The third-order valence-corrected chi connectivity index (χ3v) is 5.83. The highest BCUT2D eigenvalue weighted by Crippen LogP contribution is 2.31. The minimum Gasteiger partial charge on any atom is -0.487 e. The lowest BCUT2D eigenvalue weighted by Crippen LogP contribution is -2.21. The van der Waals surface area contributed by atoms with Crippen molar-refractivity contribution in [1.29, 1.82) is 0 Å². The summed E-state index contributed by atoms with van der Waals surface area (Å²) < 4.78 is 63.9. The second kappa shape index (κ2) is 9.75. The first-order valence-corrected chi connectivity index (χ1v) is 10.8. The van der Waals surface area contributed by atoms with Crippen molar-refractivity contribution >= 4 is 23.4 Å². The quantitative estimate of drug-likeness (QED) is 0.281. The van der Waals surface area contributed by atoms with E-state index < -0.39 is 39.5 Å². The molecule has 1 saturated carbocycles. The number of rotatable bonds is 8. The lowest BCUT2D eigenvalue weighted by molar-refractivity contribution is 0.298. The summed E-state index contributed by atoms with van der Waals surface area (Å²) in [5.74, 6) is -3.08. The summed E-state index contributed by atoms with van der Waals surface area (Å²) in [6.45, 7) is 0.446. The Morgan fingerprint density at radius 1 is 1.03 bits per heavy atom. The highest BCUT2D eigenvalue weighted by molar-refractivity contribution is 6.31. The van der Waals surface area contributed by atoms with Crippen LogP contribution in [-0.2, 0) is 13.2 Å². The molecule has 0 spiro atoms. The molecule has 1 aliphatic carbocycles. The van der Waals surface area contributed by atoms with Gasteiger partial charge in [-0.25, -0.2) is 22.0 Å². The van der Waals surface area contributed by atoms with Crippen molar-refractivity contribution in [3.63, 3.8) is 0 Å². The minimum absolute atomic E-state index is 0.0411. The van der Waals surface area contributed by atoms with Crippen LogP contribution in [0.15, 0.2) is 47.4 Å². The number of ether oxygens (including phenoxy) is 1. The van der Waals surface area contributed by atoms with E-state index in [0.29, 0.717) is 24.1 Å². The monoisotopic (exact) mass is 500 g/mol. The first-order valence-electron chi connectivity index (χ1n) is 10.1. The summed E-state index contributed by atoms with van der Waals surface area (Å²) in [6.07, 6.45) is 3.28. The Hall–Kier alpha value is -2.55. The van der Waals surface area contributed by atoms with Crippen molar-refractivity contribution in [3.8, 4) is 11.4 Å². The van der Waals surface area contributed by atoms with Crippen molar-refractivity contribution in [3.05, 3.63) is 92.4 Å². The molecule has 0 aliphatic heterocycles. The summed E-state index contributed by atoms with van der Waals surface area (Å²) in [5.41, 5.74) is -1.15. The second-order valence-electron chi connectivity index (χ2n) is 7.85. The number of halogens is 6. The van der Waals surface area contributed by atoms with Crippen molar-refractivity contribution in [2.45, 2.75) is 26.0 Å². The molecular weight excluding hydrogens is 483 g/mol. The molecule has 4 rings (SSSR count).